The predicted molar refractivity (Wildman–Crippen MR) is 89.7 cm³/mol. The van der Waals surface area contributed by atoms with Gasteiger partial charge in [-0.2, -0.15) is 4.98 Å². The lowest BCUT2D eigenvalue weighted by molar-refractivity contribution is 0.115. The van der Waals surface area contributed by atoms with Crippen molar-refractivity contribution >= 4 is 5.82 Å². The van der Waals surface area contributed by atoms with Crippen molar-refractivity contribution in [1.29, 1.82) is 0 Å². The van der Waals surface area contributed by atoms with Crippen LogP contribution in [0.3, 0.4) is 0 Å². The Kier molecular flexibility index (Phi) is 5.77. The second kappa shape index (κ2) is 8.21. The molecule has 0 saturated carbocycles. The van der Waals surface area contributed by atoms with Crippen molar-refractivity contribution in [3.05, 3.63) is 24.2 Å². The Balaban J connectivity index is 1.70. The molecule has 2 aromatic rings. The Labute approximate surface area is 142 Å². The first-order valence-corrected chi connectivity index (χ1v) is 8.44. The van der Waals surface area contributed by atoms with Crippen LogP contribution in [0.1, 0.15) is 32.0 Å². The Hall–Kier alpha value is -1.99. The van der Waals surface area contributed by atoms with Gasteiger partial charge in [0.05, 0.1) is 11.7 Å². The highest BCUT2D eigenvalue weighted by Gasteiger charge is 2.20. The van der Waals surface area contributed by atoms with Crippen LogP contribution < -0.4 is 4.90 Å². The molecule has 1 aliphatic rings. The molecule has 7 nitrogen and oxygen atoms in total. The van der Waals surface area contributed by atoms with E-state index in [0.29, 0.717) is 24.4 Å². The van der Waals surface area contributed by atoms with E-state index in [0.717, 1.165) is 50.3 Å². The number of anilines is 1. The number of nitrogens with zero attached hydrogens (tertiary/aromatic N) is 4. The fourth-order valence-corrected chi connectivity index (χ4v) is 2.86. The Morgan fingerprint density at radius 2 is 2.29 bits per heavy atom. The van der Waals surface area contributed by atoms with Crippen LogP contribution in [0.25, 0.3) is 11.5 Å². The quantitative estimate of drug-likeness (QED) is 0.735. The lowest BCUT2D eigenvalue weighted by Gasteiger charge is -2.26. The van der Waals surface area contributed by atoms with Crippen molar-refractivity contribution in [2.24, 2.45) is 0 Å². The van der Waals surface area contributed by atoms with E-state index in [1.54, 1.807) is 13.3 Å². The van der Waals surface area contributed by atoms with E-state index in [-0.39, 0.29) is 0 Å². The molecule has 0 N–H and O–H groups in total. The Morgan fingerprint density at radius 1 is 1.38 bits per heavy atom. The summed E-state index contributed by atoms with van der Waals surface area (Å²) in [5.41, 5.74) is 0.808. The first-order valence-electron chi connectivity index (χ1n) is 8.44. The standard InChI is InChI=1S/C17H24N4O3/c1-3-8-21(11-14-5-4-9-23-14)16-7-6-13(10-18-16)17-19-15(12-22-2)20-24-17/h6-7,10,14H,3-5,8-9,11-12H2,1-2H3/t14-/m0/s1. The summed E-state index contributed by atoms with van der Waals surface area (Å²) in [6.07, 6.45) is 5.43. The van der Waals surface area contributed by atoms with Gasteiger partial charge in [-0.1, -0.05) is 12.1 Å². The third-order valence-electron chi connectivity index (χ3n) is 4.00. The van der Waals surface area contributed by atoms with Gasteiger partial charge in [-0.3, -0.25) is 0 Å². The molecule has 1 fully saturated rings. The second-order valence-corrected chi connectivity index (χ2v) is 5.93. The van der Waals surface area contributed by atoms with Crippen molar-refractivity contribution in [1.82, 2.24) is 15.1 Å². The van der Waals surface area contributed by atoms with Crippen LogP contribution >= 0.6 is 0 Å². The van der Waals surface area contributed by atoms with Crippen LogP contribution in [-0.4, -0.2) is 48.0 Å². The van der Waals surface area contributed by atoms with E-state index in [1.807, 2.05) is 12.1 Å². The van der Waals surface area contributed by atoms with Gasteiger partial charge in [0, 0.05) is 33.0 Å². The van der Waals surface area contributed by atoms with Crippen LogP contribution in [0.4, 0.5) is 5.82 Å². The van der Waals surface area contributed by atoms with Gasteiger partial charge < -0.3 is 18.9 Å². The van der Waals surface area contributed by atoms with E-state index < -0.39 is 0 Å². The van der Waals surface area contributed by atoms with Gasteiger partial charge in [0.1, 0.15) is 12.4 Å². The minimum Gasteiger partial charge on any atom is -0.377 e. The highest BCUT2D eigenvalue weighted by Crippen LogP contribution is 2.22. The molecule has 0 spiro atoms. The van der Waals surface area contributed by atoms with E-state index >= 15 is 0 Å². The third-order valence-corrected chi connectivity index (χ3v) is 4.00. The number of ether oxygens (including phenoxy) is 2. The van der Waals surface area contributed by atoms with Crippen molar-refractivity contribution in [2.75, 3.05) is 31.7 Å². The highest BCUT2D eigenvalue weighted by molar-refractivity contribution is 5.54. The first kappa shape index (κ1) is 16.9. The molecule has 3 heterocycles. The summed E-state index contributed by atoms with van der Waals surface area (Å²) in [5.74, 6) is 1.94. The van der Waals surface area contributed by atoms with Gasteiger partial charge in [-0.15, -0.1) is 0 Å². The zero-order chi connectivity index (χ0) is 16.8. The monoisotopic (exact) mass is 332 g/mol. The smallest absolute Gasteiger partial charge is 0.259 e. The first-order chi connectivity index (χ1) is 11.8. The molecule has 0 aromatic carbocycles. The minimum absolute atomic E-state index is 0.311. The molecule has 0 radical (unpaired) electrons. The molecular formula is C17H24N4O3. The summed E-state index contributed by atoms with van der Waals surface area (Å²) in [6.45, 7) is 5.23. The molecule has 3 rings (SSSR count). The second-order valence-electron chi connectivity index (χ2n) is 5.93. The molecule has 130 valence electrons. The molecular weight excluding hydrogens is 308 g/mol. The Morgan fingerprint density at radius 3 is 2.96 bits per heavy atom. The van der Waals surface area contributed by atoms with Gasteiger partial charge >= 0.3 is 0 Å². The number of hydrogen-bond acceptors (Lipinski definition) is 7. The number of rotatable bonds is 8. The fraction of sp³-hybridized carbons (Fsp3) is 0.588. The van der Waals surface area contributed by atoms with E-state index in [4.69, 9.17) is 14.0 Å². The zero-order valence-corrected chi connectivity index (χ0v) is 14.3. The average molecular weight is 332 g/mol. The summed E-state index contributed by atoms with van der Waals surface area (Å²) < 4.78 is 16.0. The van der Waals surface area contributed by atoms with Crippen LogP contribution in [0.15, 0.2) is 22.9 Å². The predicted octanol–water partition coefficient (Wildman–Crippen LogP) is 2.67. The minimum atomic E-state index is 0.311. The lowest BCUT2D eigenvalue weighted by Crippen LogP contribution is -2.33. The van der Waals surface area contributed by atoms with E-state index in [2.05, 4.69) is 26.9 Å². The lowest BCUT2D eigenvalue weighted by atomic mass is 10.2. The van der Waals surface area contributed by atoms with Crippen molar-refractivity contribution in [2.45, 2.75) is 38.9 Å². The molecule has 1 atom stereocenters. The molecule has 1 saturated heterocycles. The maximum absolute atomic E-state index is 5.76. The average Bonchev–Trinajstić information content (AvgIpc) is 3.27. The zero-order valence-electron chi connectivity index (χ0n) is 14.3. The number of aromatic nitrogens is 3. The summed E-state index contributed by atoms with van der Waals surface area (Å²) in [4.78, 5) is 11.2. The van der Waals surface area contributed by atoms with Gasteiger partial charge in [0.2, 0.25) is 0 Å². The topological polar surface area (TPSA) is 73.5 Å². The van der Waals surface area contributed by atoms with Gasteiger partial charge in [0.15, 0.2) is 5.82 Å². The normalized spacial score (nSPS) is 17.3. The molecule has 1 aliphatic heterocycles. The highest BCUT2D eigenvalue weighted by atomic mass is 16.5. The van der Waals surface area contributed by atoms with Gasteiger partial charge in [0.25, 0.3) is 5.89 Å². The van der Waals surface area contributed by atoms with Crippen LogP contribution in [0.5, 0.6) is 0 Å². The molecule has 0 amide bonds. The summed E-state index contributed by atoms with van der Waals surface area (Å²) in [7, 11) is 1.60. The Bertz CT molecular complexity index is 623. The number of pyridine rings is 1. The van der Waals surface area contributed by atoms with Crippen LogP contribution in [-0.2, 0) is 16.1 Å². The van der Waals surface area contributed by atoms with Gasteiger partial charge in [-0.05, 0) is 31.4 Å². The fourth-order valence-electron chi connectivity index (χ4n) is 2.86. The largest absolute Gasteiger partial charge is 0.377 e. The number of methoxy groups -OCH3 is 1. The molecule has 0 unspecified atom stereocenters. The maximum atomic E-state index is 5.76. The molecule has 7 heteroatoms. The van der Waals surface area contributed by atoms with E-state index in [1.165, 1.54) is 0 Å². The molecule has 0 bridgehead atoms. The SMILES string of the molecule is CCCN(C[C@@H]1CCCO1)c1ccc(-c2nc(COC)no2)cn1. The van der Waals surface area contributed by atoms with Crippen molar-refractivity contribution in [3.63, 3.8) is 0 Å². The van der Waals surface area contributed by atoms with Crippen molar-refractivity contribution in [3.8, 4) is 11.5 Å². The van der Waals surface area contributed by atoms with Crippen LogP contribution in [0, 0.1) is 0 Å². The third kappa shape index (κ3) is 4.10. The summed E-state index contributed by atoms with van der Waals surface area (Å²) >= 11 is 0. The van der Waals surface area contributed by atoms with Crippen LogP contribution in [0.2, 0.25) is 0 Å². The maximum Gasteiger partial charge on any atom is 0.259 e. The molecule has 24 heavy (non-hydrogen) atoms. The summed E-state index contributed by atoms with van der Waals surface area (Å²) in [5, 5.41) is 3.87. The number of hydrogen-bond donors (Lipinski definition) is 0. The molecule has 2 aromatic heterocycles. The van der Waals surface area contributed by atoms with E-state index in [9.17, 15) is 0 Å². The molecule has 0 aliphatic carbocycles. The van der Waals surface area contributed by atoms with Gasteiger partial charge in [-0.25, -0.2) is 4.98 Å². The summed E-state index contributed by atoms with van der Waals surface area (Å²) in [6, 6.07) is 3.96. The van der Waals surface area contributed by atoms with Crippen molar-refractivity contribution < 1.29 is 14.0 Å².